The number of carbonyl (C=O) groups is 4. The zero-order valence-electron chi connectivity index (χ0n) is 59.5. The van der Waals surface area contributed by atoms with Crippen LogP contribution >= 0.6 is 15.6 Å². The van der Waals surface area contributed by atoms with Gasteiger partial charge in [0, 0.05) is 25.7 Å². The Morgan fingerprint density at radius 1 is 0.355 bits per heavy atom. The molecule has 0 aliphatic rings. The van der Waals surface area contributed by atoms with E-state index in [1.54, 1.807) is 0 Å². The molecule has 544 valence electrons. The number of aliphatic hydroxyl groups excluding tert-OH is 1. The zero-order chi connectivity index (χ0) is 68.6. The lowest BCUT2D eigenvalue weighted by atomic mass is 9.99. The minimum absolute atomic E-state index is 0.0778. The topological polar surface area (TPSA) is 237 Å². The van der Waals surface area contributed by atoms with Crippen LogP contribution in [-0.2, 0) is 65.4 Å². The fourth-order valence-electron chi connectivity index (χ4n) is 10.2. The first-order valence-corrected chi connectivity index (χ1v) is 40.2. The average molecular weight is 1360 g/mol. The first-order valence-electron chi connectivity index (χ1n) is 37.2. The van der Waals surface area contributed by atoms with E-state index in [1.807, 2.05) is 0 Å². The van der Waals surface area contributed by atoms with Gasteiger partial charge in [0.15, 0.2) is 12.2 Å². The Labute approximate surface area is 566 Å². The van der Waals surface area contributed by atoms with E-state index in [4.69, 9.17) is 37.0 Å². The second-order valence-electron chi connectivity index (χ2n) is 26.0. The molecule has 19 heteroatoms. The molecule has 0 rings (SSSR count). The van der Waals surface area contributed by atoms with Crippen molar-refractivity contribution < 1.29 is 80.2 Å². The van der Waals surface area contributed by atoms with Crippen LogP contribution in [0, 0.1) is 11.8 Å². The van der Waals surface area contributed by atoms with Gasteiger partial charge in [-0.05, 0) is 88.9 Å². The Bertz CT molecular complexity index is 1990. The summed E-state index contributed by atoms with van der Waals surface area (Å²) in [5.74, 6) is -0.693. The average Bonchev–Trinajstić information content (AvgIpc) is 2.53. The van der Waals surface area contributed by atoms with Crippen molar-refractivity contribution in [1.82, 2.24) is 0 Å². The van der Waals surface area contributed by atoms with Crippen LogP contribution in [0.4, 0.5) is 0 Å². The highest BCUT2D eigenvalue weighted by Crippen LogP contribution is 2.45. The van der Waals surface area contributed by atoms with Crippen molar-refractivity contribution in [2.75, 3.05) is 39.6 Å². The third-order valence-electron chi connectivity index (χ3n) is 16.3. The van der Waals surface area contributed by atoms with E-state index in [0.29, 0.717) is 25.7 Å². The van der Waals surface area contributed by atoms with Crippen molar-refractivity contribution in [3.05, 3.63) is 48.6 Å². The van der Waals surface area contributed by atoms with Crippen molar-refractivity contribution in [2.24, 2.45) is 11.8 Å². The van der Waals surface area contributed by atoms with Crippen LogP contribution in [-0.4, -0.2) is 96.7 Å². The summed E-state index contributed by atoms with van der Waals surface area (Å²) in [4.78, 5) is 72.7. The Kier molecular flexibility index (Phi) is 62.9. The number of allylic oxidation sites excluding steroid dienone is 8. The fourth-order valence-corrected chi connectivity index (χ4v) is 11.8. The number of hydrogen-bond donors (Lipinski definition) is 3. The minimum atomic E-state index is -4.97. The van der Waals surface area contributed by atoms with Crippen LogP contribution in [0.5, 0.6) is 0 Å². The fraction of sp³-hybridized carbons (Fsp3) is 0.838. The van der Waals surface area contributed by atoms with Gasteiger partial charge in [0.2, 0.25) is 0 Å². The number of unbranched alkanes of at least 4 members (excludes halogenated alkanes) is 32. The van der Waals surface area contributed by atoms with Crippen LogP contribution in [0.25, 0.3) is 0 Å². The predicted molar refractivity (Wildman–Crippen MR) is 376 cm³/mol. The predicted octanol–water partition coefficient (Wildman–Crippen LogP) is 20.7. The van der Waals surface area contributed by atoms with Gasteiger partial charge >= 0.3 is 39.5 Å². The van der Waals surface area contributed by atoms with Crippen LogP contribution in [0.15, 0.2) is 48.6 Å². The molecular weight excluding hydrogens is 1220 g/mol. The molecule has 93 heavy (non-hydrogen) atoms. The number of phosphoric ester groups is 2. The molecule has 0 aliphatic carbocycles. The summed E-state index contributed by atoms with van der Waals surface area (Å²) in [6, 6.07) is 0. The molecule has 6 atom stereocenters. The van der Waals surface area contributed by atoms with Crippen molar-refractivity contribution in [3.63, 3.8) is 0 Å². The van der Waals surface area contributed by atoms with E-state index in [2.05, 4.69) is 90.2 Å². The molecule has 0 spiro atoms. The molecule has 0 saturated heterocycles. The van der Waals surface area contributed by atoms with Crippen LogP contribution in [0.1, 0.15) is 330 Å². The molecule has 0 saturated carbocycles. The molecule has 0 bridgehead atoms. The van der Waals surface area contributed by atoms with Crippen LogP contribution in [0.3, 0.4) is 0 Å². The van der Waals surface area contributed by atoms with Gasteiger partial charge in [-0.2, -0.15) is 0 Å². The highest BCUT2D eigenvalue weighted by Gasteiger charge is 2.30. The van der Waals surface area contributed by atoms with Crippen LogP contribution in [0.2, 0.25) is 0 Å². The quantitative estimate of drug-likeness (QED) is 0.0169. The number of carbonyl (C=O) groups excluding carboxylic acids is 4. The summed E-state index contributed by atoms with van der Waals surface area (Å²) >= 11 is 0. The maximum absolute atomic E-state index is 13.0. The lowest BCUT2D eigenvalue weighted by molar-refractivity contribution is -0.161. The molecule has 0 aromatic rings. The second kappa shape index (κ2) is 65.0. The number of hydrogen-bond acceptors (Lipinski definition) is 15. The van der Waals surface area contributed by atoms with Gasteiger partial charge < -0.3 is 33.8 Å². The smallest absolute Gasteiger partial charge is 0.462 e. The lowest BCUT2D eigenvalue weighted by Gasteiger charge is -2.21. The van der Waals surface area contributed by atoms with Crippen molar-refractivity contribution in [3.8, 4) is 0 Å². The van der Waals surface area contributed by atoms with Gasteiger partial charge in [0.25, 0.3) is 0 Å². The SMILES string of the molecule is CCCCCC/C=C\C=C/CCCCCCCC(=O)OC[C@H](COP(=O)(O)OCC(O)COP(=O)(O)OC[C@@H](COC(=O)CCCCCCCCCCC(C)C)OC(=O)CCCCCCCCCCC(C)CC)OC(=O)CCCCCCC/C=C\C=C/CCCCCC. The molecular formula is C74H136O17P2. The Morgan fingerprint density at radius 2 is 0.634 bits per heavy atom. The third-order valence-corrected chi connectivity index (χ3v) is 18.2. The van der Waals surface area contributed by atoms with Gasteiger partial charge in [0.1, 0.15) is 19.3 Å². The van der Waals surface area contributed by atoms with E-state index in [-0.39, 0.29) is 25.7 Å². The Hall–Kier alpha value is -2.98. The third kappa shape index (κ3) is 66.1. The minimum Gasteiger partial charge on any atom is -0.462 e. The molecule has 0 aromatic heterocycles. The van der Waals surface area contributed by atoms with Crippen LogP contribution < -0.4 is 0 Å². The standard InChI is InChI=1S/C74H136O17P2/c1-7-10-12-14-16-18-20-22-24-26-28-30-38-44-50-56-71(76)84-62-69(90-73(78)58-52-46-40-31-29-27-25-23-21-19-17-15-13-11-8-2)64-88-92(80,81)86-60-68(75)61-87-93(82,83)89-65-70(63-85-72(77)57-51-45-39-34-32-36-42-48-54-66(4)5)91-74(79)59-53-47-41-35-33-37-43-49-55-67(6)9-3/h18-25,66-70,75H,7-17,26-65H2,1-6H3,(H,80,81)(H,82,83)/b20-18-,21-19-,24-22-,25-23-/t67?,68?,69-,70-/m1/s1. The monoisotopic (exact) mass is 1360 g/mol. The molecule has 17 nitrogen and oxygen atoms in total. The molecule has 0 amide bonds. The number of ether oxygens (including phenoxy) is 4. The summed E-state index contributed by atoms with van der Waals surface area (Å²) in [6.07, 6.45) is 57.1. The summed E-state index contributed by atoms with van der Waals surface area (Å²) in [6.45, 7) is 9.40. The molecule has 3 N–H and O–H groups in total. The number of phosphoric acid groups is 2. The van der Waals surface area contributed by atoms with E-state index in [9.17, 15) is 43.2 Å². The molecule has 0 aromatic carbocycles. The molecule has 4 unspecified atom stereocenters. The Balaban J connectivity index is 5.34. The van der Waals surface area contributed by atoms with Crippen molar-refractivity contribution >= 4 is 39.5 Å². The molecule has 0 heterocycles. The van der Waals surface area contributed by atoms with E-state index in [1.165, 1.54) is 116 Å². The first kappa shape index (κ1) is 90.0. The van der Waals surface area contributed by atoms with Gasteiger partial charge in [-0.1, -0.05) is 276 Å². The van der Waals surface area contributed by atoms with E-state index >= 15 is 0 Å². The highest BCUT2D eigenvalue weighted by atomic mass is 31.2. The summed E-state index contributed by atoms with van der Waals surface area (Å²) in [5, 5.41) is 10.6. The Morgan fingerprint density at radius 3 is 0.957 bits per heavy atom. The van der Waals surface area contributed by atoms with Crippen molar-refractivity contribution in [1.29, 1.82) is 0 Å². The van der Waals surface area contributed by atoms with Crippen molar-refractivity contribution in [2.45, 2.75) is 349 Å². The van der Waals surface area contributed by atoms with Gasteiger partial charge in [-0.3, -0.25) is 37.3 Å². The number of esters is 4. The molecule has 0 aliphatic heterocycles. The molecule has 0 radical (unpaired) electrons. The van der Waals surface area contributed by atoms with Gasteiger partial charge in [-0.25, -0.2) is 9.13 Å². The van der Waals surface area contributed by atoms with Gasteiger partial charge in [-0.15, -0.1) is 0 Å². The van der Waals surface area contributed by atoms with E-state index in [0.717, 1.165) is 134 Å². The first-order chi connectivity index (χ1) is 44.9. The maximum atomic E-state index is 13.0. The largest absolute Gasteiger partial charge is 0.472 e. The molecule has 0 fully saturated rings. The lowest BCUT2D eigenvalue weighted by Crippen LogP contribution is -2.30. The second-order valence-corrected chi connectivity index (χ2v) is 28.9. The van der Waals surface area contributed by atoms with E-state index < -0.39 is 97.5 Å². The maximum Gasteiger partial charge on any atom is 0.472 e. The van der Waals surface area contributed by atoms with Gasteiger partial charge in [0.05, 0.1) is 26.4 Å². The number of rotatable bonds is 69. The summed E-state index contributed by atoms with van der Waals surface area (Å²) < 4.78 is 68.3. The summed E-state index contributed by atoms with van der Waals surface area (Å²) in [5.41, 5.74) is 0. The summed E-state index contributed by atoms with van der Waals surface area (Å²) in [7, 11) is -9.93. The zero-order valence-corrected chi connectivity index (χ0v) is 61.3. The highest BCUT2D eigenvalue weighted by molar-refractivity contribution is 7.47. The number of aliphatic hydroxyl groups is 1. The normalized spacial score (nSPS) is 14.7.